The summed E-state index contributed by atoms with van der Waals surface area (Å²) in [5, 5.41) is 4.11. The van der Waals surface area contributed by atoms with Crippen LogP contribution in [0.5, 0.6) is 0 Å². The van der Waals surface area contributed by atoms with Crippen molar-refractivity contribution < 1.29 is 9.18 Å². The molecule has 0 radical (unpaired) electrons. The number of hydrogen-bond acceptors (Lipinski definition) is 5. The van der Waals surface area contributed by atoms with E-state index in [2.05, 4.69) is 10.3 Å². The van der Waals surface area contributed by atoms with Gasteiger partial charge in [-0.1, -0.05) is 41.1 Å². The predicted octanol–water partition coefficient (Wildman–Crippen LogP) is 4.80. The Balaban J connectivity index is 1.92. The Morgan fingerprint density at radius 3 is 2.79 bits per heavy atom. The van der Waals surface area contributed by atoms with Crippen LogP contribution in [0.15, 0.2) is 42.5 Å². The lowest BCUT2D eigenvalue weighted by Gasteiger charge is -2.06. The van der Waals surface area contributed by atoms with Crippen molar-refractivity contribution in [1.29, 1.82) is 0 Å². The van der Waals surface area contributed by atoms with Gasteiger partial charge in [0.1, 0.15) is 16.5 Å². The van der Waals surface area contributed by atoms with Crippen LogP contribution in [0.3, 0.4) is 0 Å². The molecule has 3 rings (SSSR count). The molecule has 24 heavy (non-hydrogen) atoms. The number of carbonyl (C=O) groups is 1. The fourth-order valence-electron chi connectivity index (χ4n) is 2.16. The number of anilines is 3. The quantitative estimate of drug-likeness (QED) is 0.655. The molecule has 0 fully saturated rings. The molecule has 0 atom stereocenters. The maximum absolute atomic E-state index is 13.8. The molecule has 0 unspecified atom stereocenters. The van der Waals surface area contributed by atoms with Gasteiger partial charge in [-0.3, -0.25) is 4.79 Å². The molecule has 4 nitrogen and oxygen atoms in total. The van der Waals surface area contributed by atoms with Crippen LogP contribution in [-0.2, 0) is 0 Å². The van der Waals surface area contributed by atoms with Crippen LogP contribution in [0.2, 0.25) is 5.02 Å². The van der Waals surface area contributed by atoms with E-state index in [-0.39, 0.29) is 16.3 Å². The van der Waals surface area contributed by atoms with Crippen LogP contribution < -0.4 is 11.1 Å². The van der Waals surface area contributed by atoms with Crippen LogP contribution in [-0.4, -0.2) is 10.8 Å². The summed E-state index contributed by atoms with van der Waals surface area (Å²) in [5.74, 6) is -1.01. The molecule has 3 N–H and O–H groups in total. The van der Waals surface area contributed by atoms with E-state index in [9.17, 15) is 9.18 Å². The van der Waals surface area contributed by atoms with E-state index in [1.807, 2.05) is 13.0 Å². The summed E-state index contributed by atoms with van der Waals surface area (Å²) in [4.78, 5) is 16.8. The number of nitrogens with two attached hydrogens (primary N) is 1. The summed E-state index contributed by atoms with van der Waals surface area (Å²) in [7, 11) is 0. The summed E-state index contributed by atoms with van der Waals surface area (Å²) in [6, 6.07) is 11.2. The Morgan fingerprint density at radius 1 is 1.29 bits per heavy atom. The van der Waals surface area contributed by atoms with Gasteiger partial charge < -0.3 is 11.1 Å². The van der Waals surface area contributed by atoms with Gasteiger partial charge in [0.2, 0.25) is 5.78 Å². The molecule has 1 aromatic heterocycles. The zero-order valence-corrected chi connectivity index (χ0v) is 14.2. The molecule has 0 bridgehead atoms. The lowest BCUT2D eigenvalue weighted by atomic mass is 10.1. The van der Waals surface area contributed by atoms with E-state index < -0.39 is 11.6 Å². The smallest absolute Gasteiger partial charge is 0.209 e. The first kappa shape index (κ1) is 16.4. The number of nitrogens with one attached hydrogen (secondary N) is 1. The van der Waals surface area contributed by atoms with E-state index >= 15 is 0 Å². The average Bonchev–Trinajstić information content (AvgIpc) is 2.91. The van der Waals surface area contributed by atoms with Crippen molar-refractivity contribution in [2.24, 2.45) is 0 Å². The maximum atomic E-state index is 13.8. The standard InChI is InChI=1S/C17H13ClFN3OS/c1-9-6-7-10(18)8-13(9)21-17-22-16(20)15(24-17)14(23)11-4-2-3-5-12(11)19/h2-8H,20H2,1H3,(H,21,22). The number of nitrogen functional groups attached to an aromatic ring is 1. The van der Waals surface area contributed by atoms with Crippen molar-refractivity contribution in [2.45, 2.75) is 6.92 Å². The number of rotatable bonds is 4. The van der Waals surface area contributed by atoms with E-state index in [4.69, 9.17) is 17.3 Å². The summed E-state index contributed by atoms with van der Waals surface area (Å²) in [6.45, 7) is 1.92. The van der Waals surface area contributed by atoms with Gasteiger partial charge in [0, 0.05) is 10.7 Å². The number of thiazole rings is 1. The van der Waals surface area contributed by atoms with Crippen molar-refractivity contribution in [3.63, 3.8) is 0 Å². The SMILES string of the molecule is Cc1ccc(Cl)cc1Nc1nc(N)c(C(=O)c2ccccc2F)s1. The summed E-state index contributed by atoms with van der Waals surface area (Å²) in [5.41, 5.74) is 7.54. The van der Waals surface area contributed by atoms with E-state index in [1.54, 1.807) is 18.2 Å². The zero-order valence-electron chi connectivity index (χ0n) is 12.6. The number of benzene rings is 2. The second kappa shape index (κ2) is 6.59. The van der Waals surface area contributed by atoms with Crippen molar-refractivity contribution in [1.82, 2.24) is 4.98 Å². The molecule has 0 aliphatic rings. The van der Waals surface area contributed by atoms with Gasteiger partial charge in [-0.15, -0.1) is 0 Å². The molecule has 0 aliphatic carbocycles. The molecule has 122 valence electrons. The van der Waals surface area contributed by atoms with Crippen molar-refractivity contribution in [2.75, 3.05) is 11.1 Å². The Labute approximate surface area is 147 Å². The number of halogens is 2. The molecule has 1 heterocycles. The number of aryl methyl sites for hydroxylation is 1. The Bertz CT molecular complexity index is 926. The molecule has 3 aromatic rings. The van der Waals surface area contributed by atoms with Gasteiger partial charge in [0.05, 0.1) is 5.56 Å². The summed E-state index contributed by atoms with van der Waals surface area (Å²) < 4.78 is 13.8. The number of aromatic nitrogens is 1. The van der Waals surface area contributed by atoms with Crippen molar-refractivity contribution >= 4 is 45.4 Å². The highest BCUT2D eigenvalue weighted by atomic mass is 35.5. The molecular weight excluding hydrogens is 349 g/mol. The van der Waals surface area contributed by atoms with Gasteiger partial charge in [0.25, 0.3) is 0 Å². The highest BCUT2D eigenvalue weighted by Gasteiger charge is 2.20. The van der Waals surface area contributed by atoms with Gasteiger partial charge in [-0.05, 0) is 36.8 Å². The molecule has 0 saturated carbocycles. The molecule has 7 heteroatoms. The second-order valence-electron chi connectivity index (χ2n) is 5.13. The molecule has 0 spiro atoms. The van der Waals surface area contributed by atoms with Gasteiger partial charge in [0.15, 0.2) is 5.13 Å². The number of carbonyl (C=O) groups excluding carboxylic acids is 1. The third-order valence-electron chi connectivity index (χ3n) is 3.42. The molecule has 0 aliphatic heterocycles. The number of ketones is 1. The highest BCUT2D eigenvalue weighted by Crippen LogP contribution is 2.31. The number of hydrogen-bond donors (Lipinski definition) is 2. The first-order chi connectivity index (χ1) is 11.5. The first-order valence-corrected chi connectivity index (χ1v) is 8.24. The third kappa shape index (κ3) is 3.25. The Hall–Kier alpha value is -2.44. The lowest BCUT2D eigenvalue weighted by molar-refractivity contribution is 0.103. The fraction of sp³-hybridized carbons (Fsp3) is 0.0588. The van der Waals surface area contributed by atoms with Crippen LogP contribution in [0.25, 0.3) is 0 Å². The van der Waals surface area contributed by atoms with Crippen LogP contribution in [0.4, 0.5) is 21.0 Å². The van der Waals surface area contributed by atoms with Crippen LogP contribution >= 0.6 is 22.9 Å². The van der Waals surface area contributed by atoms with Crippen molar-refractivity contribution in [3.05, 3.63) is 69.3 Å². The van der Waals surface area contributed by atoms with E-state index in [1.165, 1.54) is 18.2 Å². The minimum atomic E-state index is -0.588. The predicted molar refractivity (Wildman–Crippen MR) is 95.8 cm³/mol. The lowest BCUT2D eigenvalue weighted by Crippen LogP contribution is -2.04. The van der Waals surface area contributed by atoms with Gasteiger partial charge >= 0.3 is 0 Å². The minimum Gasteiger partial charge on any atom is -0.382 e. The monoisotopic (exact) mass is 361 g/mol. The average molecular weight is 362 g/mol. The summed E-state index contributed by atoms with van der Waals surface area (Å²) in [6.07, 6.45) is 0. The normalized spacial score (nSPS) is 10.6. The Kier molecular flexibility index (Phi) is 4.51. The zero-order chi connectivity index (χ0) is 17.3. The fourth-order valence-corrected chi connectivity index (χ4v) is 3.18. The van der Waals surface area contributed by atoms with E-state index in [0.717, 1.165) is 22.6 Å². The van der Waals surface area contributed by atoms with E-state index in [0.29, 0.717) is 10.2 Å². The first-order valence-electron chi connectivity index (χ1n) is 7.04. The molecule has 0 saturated heterocycles. The van der Waals surface area contributed by atoms with Crippen LogP contribution in [0.1, 0.15) is 20.8 Å². The Morgan fingerprint density at radius 2 is 2.04 bits per heavy atom. The molecule has 2 aromatic carbocycles. The number of nitrogens with zero attached hydrogens (tertiary/aromatic N) is 1. The van der Waals surface area contributed by atoms with Crippen LogP contribution in [0, 0.1) is 12.7 Å². The molecule has 0 amide bonds. The largest absolute Gasteiger partial charge is 0.382 e. The summed E-state index contributed by atoms with van der Waals surface area (Å²) >= 11 is 7.06. The minimum absolute atomic E-state index is 0.0293. The van der Waals surface area contributed by atoms with Crippen molar-refractivity contribution in [3.8, 4) is 0 Å². The van der Waals surface area contributed by atoms with Gasteiger partial charge in [-0.2, -0.15) is 0 Å². The molecular formula is C17H13ClFN3OS. The van der Waals surface area contributed by atoms with Gasteiger partial charge in [-0.25, -0.2) is 9.37 Å². The maximum Gasteiger partial charge on any atom is 0.209 e. The third-order valence-corrected chi connectivity index (χ3v) is 4.64. The highest BCUT2D eigenvalue weighted by molar-refractivity contribution is 7.18. The second-order valence-corrected chi connectivity index (χ2v) is 6.56. The topological polar surface area (TPSA) is 68.0 Å².